The van der Waals surface area contributed by atoms with Crippen molar-refractivity contribution < 1.29 is 9.90 Å². The number of carboxylic acids is 1. The Labute approximate surface area is 146 Å². The normalized spacial score (nSPS) is 11.7. The van der Waals surface area contributed by atoms with Gasteiger partial charge in [-0.2, -0.15) is 0 Å². The molecule has 25 heavy (non-hydrogen) atoms. The van der Waals surface area contributed by atoms with Gasteiger partial charge in [0, 0.05) is 10.8 Å². The Kier molecular flexibility index (Phi) is 3.40. The molecule has 1 heterocycles. The smallest absolute Gasteiger partial charge is 0.335 e. The van der Waals surface area contributed by atoms with E-state index in [2.05, 4.69) is 20.2 Å². The molecule has 0 saturated carbocycles. The fraction of sp³-hybridized carbons (Fsp3) is 0. The highest BCUT2D eigenvalue weighted by molar-refractivity contribution is 7.80. The van der Waals surface area contributed by atoms with E-state index in [9.17, 15) is 9.90 Å². The number of aromatic nitrogens is 2. The Morgan fingerprint density at radius 1 is 1.20 bits per heavy atom. The molecule has 0 amide bonds. The van der Waals surface area contributed by atoms with Gasteiger partial charge in [-0.1, -0.05) is 24.3 Å². The minimum Gasteiger partial charge on any atom is -0.478 e. The fourth-order valence-corrected chi connectivity index (χ4v) is 2.88. The second kappa shape index (κ2) is 5.60. The van der Waals surface area contributed by atoms with E-state index in [-0.39, 0.29) is 10.7 Å². The summed E-state index contributed by atoms with van der Waals surface area (Å²) in [6, 6.07) is 12.4. The summed E-state index contributed by atoms with van der Waals surface area (Å²) in [7, 11) is 0. The second-order valence-corrected chi connectivity index (χ2v) is 5.85. The molecular formula is C17H11N5O2S. The second-order valence-electron chi connectivity index (χ2n) is 5.43. The van der Waals surface area contributed by atoms with Gasteiger partial charge in [-0.05, 0) is 30.4 Å². The number of hydrogen-bond acceptors (Lipinski definition) is 4. The summed E-state index contributed by atoms with van der Waals surface area (Å²) in [5.74, 6) is -1.00. The van der Waals surface area contributed by atoms with Gasteiger partial charge < -0.3 is 15.8 Å². The van der Waals surface area contributed by atoms with Gasteiger partial charge in [0.05, 0.1) is 28.0 Å². The Hall–Kier alpha value is -3.39. The van der Waals surface area contributed by atoms with Crippen LogP contribution < -0.4 is 5.73 Å². The summed E-state index contributed by atoms with van der Waals surface area (Å²) in [5.41, 5.74) is 8.78. The first-order valence-electron chi connectivity index (χ1n) is 7.33. The number of carbonyl (C=O) groups is 1. The van der Waals surface area contributed by atoms with E-state index >= 15 is 0 Å². The van der Waals surface area contributed by atoms with Gasteiger partial charge in [0.15, 0.2) is 0 Å². The molecule has 0 bridgehead atoms. The highest BCUT2D eigenvalue weighted by atomic mass is 32.1. The minimum atomic E-state index is -1.00. The zero-order valence-electron chi connectivity index (χ0n) is 12.7. The first-order chi connectivity index (χ1) is 12.0. The van der Waals surface area contributed by atoms with Crippen molar-refractivity contribution in [2.75, 3.05) is 0 Å². The number of aromatic amines is 1. The number of carboxylic acid groups (broad SMARTS) is 1. The molecule has 0 atom stereocenters. The summed E-state index contributed by atoms with van der Waals surface area (Å²) in [5, 5.41) is 18.8. The zero-order valence-corrected chi connectivity index (χ0v) is 13.5. The Morgan fingerprint density at radius 2 is 1.96 bits per heavy atom. The SMILES string of the molecule is NC(=S)N=Nc1c2[nH]c3cc(C(=O)O)ccc3nc-2c2ccccc12. The summed E-state index contributed by atoms with van der Waals surface area (Å²) in [4.78, 5) is 19.1. The first-order valence-corrected chi connectivity index (χ1v) is 7.74. The third-order valence-electron chi connectivity index (χ3n) is 3.89. The number of azo groups is 1. The van der Waals surface area contributed by atoms with Crippen molar-refractivity contribution in [3.05, 3.63) is 48.0 Å². The van der Waals surface area contributed by atoms with Crippen LogP contribution in [0, 0.1) is 0 Å². The summed E-state index contributed by atoms with van der Waals surface area (Å²) in [6.45, 7) is 0. The van der Waals surface area contributed by atoms with Gasteiger partial charge in [-0.15, -0.1) is 10.2 Å². The molecule has 8 heteroatoms. The summed E-state index contributed by atoms with van der Waals surface area (Å²) < 4.78 is 0. The van der Waals surface area contributed by atoms with Crippen LogP contribution in [0.5, 0.6) is 0 Å². The van der Waals surface area contributed by atoms with E-state index in [0.29, 0.717) is 22.4 Å². The van der Waals surface area contributed by atoms with Crippen molar-refractivity contribution in [2.24, 2.45) is 16.0 Å². The molecule has 4 N–H and O–H groups in total. The molecule has 0 aromatic heterocycles. The predicted octanol–water partition coefficient (Wildman–Crippen LogP) is 3.85. The van der Waals surface area contributed by atoms with Crippen molar-refractivity contribution in [3.8, 4) is 11.4 Å². The van der Waals surface area contributed by atoms with Gasteiger partial charge >= 0.3 is 5.97 Å². The number of hydrogen-bond donors (Lipinski definition) is 3. The molecule has 0 saturated heterocycles. The average molecular weight is 349 g/mol. The third-order valence-corrected chi connectivity index (χ3v) is 3.98. The van der Waals surface area contributed by atoms with Crippen molar-refractivity contribution >= 4 is 50.8 Å². The number of nitrogens with two attached hydrogens (primary N) is 1. The van der Waals surface area contributed by atoms with E-state index < -0.39 is 5.97 Å². The molecule has 2 aromatic carbocycles. The molecule has 4 rings (SSSR count). The first kappa shape index (κ1) is 15.2. The maximum absolute atomic E-state index is 11.2. The van der Waals surface area contributed by atoms with Crippen LogP contribution in [0.25, 0.3) is 33.2 Å². The van der Waals surface area contributed by atoms with E-state index in [4.69, 9.17) is 18.0 Å². The number of fused-ring (bicyclic) bond motifs is 4. The van der Waals surface area contributed by atoms with E-state index in [1.807, 2.05) is 24.3 Å². The lowest BCUT2D eigenvalue weighted by Gasteiger charge is -2.06. The van der Waals surface area contributed by atoms with Crippen LogP contribution in [0.1, 0.15) is 10.4 Å². The fourth-order valence-electron chi connectivity index (χ4n) is 2.84. The number of nitrogens with one attached hydrogen (secondary N) is 1. The molecule has 2 aromatic rings. The summed E-state index contributed by atoms with van der Waals surface area (Å²) >= 11 is 4.76. The Morgan fingerprint density at radius 3 is 2.68 bits per heavy atom. The lowest BCUT2D eigenvalue weighted by Crippen LogP contribution is -2.01. The monoisotopic (exact) mass is 349 g/mol. The van der Waals surface area contributed by atoms with Gasteiger partial charge in [0.1, 0.15) is 5.69 Å². The maximum Gasteiger partial charge on any atom is 0.335 e. The summed E-state index contributed by atoms with van der Waals surface area (Å²) in [6.07, 6.45) is 0. The van der Waals surface area contributed by atoms with E-state index in [0.717, 1.165) is 16.5 Å². The van der Waals surface area contributed by atoms with Crippen LogP contribution in [0.15, 0.2) is 52.7 Å². The van der Waals surface area contributed by atoms with Crippen LogP contribution in [0.2, 0.25) is 0 Å². The van der Waals surface area contributed by atoms with Gasteiger partial charge in [-0.25, -0.2) is 9.78 Å². The number of thiocarbonyl (C=S) groups is 1. The van der Waals surface area contributed by atoms with Crippen LogP contribution >= 0.6 is 12.2 Å². The lowest BCUT2D eigenvalue weighted by molar-refractivity contribution is 0.0697. The molecule has 1 aliphatic heterocycles. The van der Waals surface area contributed by atoms with Crippen LogP contribution in [-0.2, 0) is 0 Å². The number of nitrogens with zero attached hydrogens (tertiary/aromatic N) is 3. The van der Waals surface area contributed by atoms with Crippen molar-refractivity contribution in [1.82, 2.24) is 9.97 Å². The number of H-pyrrole nitrogens is 1. The molecule has 0 unspecified atom stereocenters. The molecular weight excluding hydrogens is 338 g/mol. The lowest BCUT2D eigenvalue weighted by atomic mass is 10.1. The predicted molar refractivity (Wildman–Crippen MR) is 98.5 cm³/mol. The highest BCUT2D eigenvalue weighted by Crippen LogP contribution is 2.43. The van der Waals surface area contributed by atoms with Gasteiger partial charge in [0.2, 0.25) is 5.11 Å². The molecule has 122 valence electrons. The van der Waals surface area contributed by atoms with Crippen LogP contribution in [0.3, 0.4) is 0 Å². The van der Waals surface area contributed by atoms with E-state index in [1.165, 1.54) is 12.1 Å². The van der Waals surface area contributed by atoms with Crippen molar-refractivity contribution in [1.29, 1.82) is 0 Å². The molecule has 0 spiro atoms. The third kappa shape index (κ3) is 2.48. The number of benzene rings is 2. The van der Waals surface area contributed by atoms with Crippen LogP contribution in [0.4, 0.5) is 5.69 Å². The topological polar surface area (TPSA) is 117 Å². The Balaban J connectivity index is 2.09. The quantitative estimate of drug-likeness (QED) is 0.375. The van der Waals surface area contributed by atoms with Gasteiger partial charge in [-0.3, -0.25) is 0 Å². The standard InChI is InChI=1S/C17H11N5O2S/c18-17(25)22-21-14-10-4-2-1-3-9(10)13-15(14)20-12-7-8(16(23)24)5-6-11(12)19-13/h1-7,20H,(H2,18,25)(H,23,24). The molecule has 2 aliphatic rings. The minimum absolute atomic E-state index is 0.0691. The maximum atomic E-state index is 11.2. The molecule has 0 radical (unpaired) electrons. The Bertz CT molecular complexity index is 1160. The van der Waals surface area contributed by atoms with Crippen molar-refractivity contribution in [3.63, 3.8) is 0 Å². The largest absolute Gasteiger partial charge is 0.478 e. The molecule has 7 nitrogen and oxygen atoms in total. The number of rotatable bonds is 2. The van der Waals surface area contributed by atoms with Crippen molar-refractivity contribution in [2.45, 2.75) is 0 Å². The van der Waals surface area contributed by atoms with E-state index in [1.54, 1.807) is 6.07 Å². The zero-order chi connectivity index (χ0) is 17.6. The average Bonchev–Trinajstić information content (AvgIpc) is 2.90. The van der Waals surface area contributed by atoms with Gasteiger partial charge in [0.25, 0.3) is 0 Å². The molecule has 1 aliphatic carbocycles. The highest BCUT2D eigenvalue weighted by Gasteiger charge is 2.21. The van der Waals surface area contributed by atoms with Crippen LogP contribution in [-0.4, -0.2) is 26.2 Å². The number of aromatic carboxylic acids is 1. The molecule has 0 fully saturated rings.